The second kappa shape index (κ2) is 4.83. The highest BCUT2D eigenvalue weighted by Gasteiger charge is 2.24. The fourth-order valence-corrected chi connectivity index (χ4v) is 1.95. The van der Waals surface area contributed by atoms with Crippen molar-refractivity contribution in [3.8, 4) is 0 Å². The van der Waals surface area contributed by atoms with Gasteiger partial charge in [0.05, 0.1) is 18.2 Å². The third kappa shape index (κ3) is 3.17. The molecular weight excluding hydrogens is 188 g/mol. The molecule has 3 unspecified atom stereocenters. The smallest absolute Gasteiger partial charge is 0.238 e. The lowest BCUT2D eigenvalue weighted by molar-refractivity contribution is -0.123. The van der Waals surface area contributed by atoms with E-state index in [1.165, 1.54) is 0 Å². The summed E-state index contributed by atoms with van der Waals surface area (Å²) in [4.78, 5) is 11.5. The summed E-state index contributed by atoms with van der Waals surface area (Å²) < 4.78 is 0. The zero-order chi connectivity index (χ0) is 9.84. The van der Waals surface area contributed by atoms with Gasteiger partial charge in [0.25, 0.3) is 0 Å². The average molecular weight is 204 g/mol. The van der Waals surface area contributed by atoms with Gasteiger partial charge in [0.1, 0.15) is 0 Å². The number of thioether (sulfide) groups is 1. The Balaban J connectivity index is 2.31. The summed E-state index contributed by atoms with van der Waals surface area (Å²) in [5, 5.41) is 15.0. The quantitative estimate of drug-likeness (QED) is 0.582. The summed E-state index contributed by atoms with van der Waals surface area (Å²) in [6, 6.07) is -0.272. The maximum atomic E-state index is 11.5. The average Bonchev–Trinajstić information content (AvgIpc) is 2.55. The summed E-state index contributed by atoms with van der Waals surface area (Å²) in [6.45, 7) is 3.46. The van der Waals surface area contributed by atoms with Gasteiger partial charge in [0.15, 0.2) is 0 Å². The Morgan fingerprint density at radius 1 is 1.69 bits per heavy atom. The molecule has 13 heavy (non-hydrogen) atoms. The van der Waals surface area contributed by atoms with Crippen molar-refractivity contribution in [2.45, 2.75) is 32.0 Å². The van der Waals surface area contributed by atoms with Crippen LogP contribution in [0.1, 0.15) is 13.8 Å². The van der Waals surface area contributed by atoms with Crippen molar-refractivity contribution in [3.63, 3.8) is 0 Å². The van der Waals surface area contributed by atoms with E-state index in [2.05, 4.69) is 10.6 Å². The van der Waals surface area contributed by atoms with E-state index in [0.29, 0.717) is 0 Å². The lowest BCUT2D eigenvalue weighted by atomic mass is 10.2. The summed E-state index contributed by atoms with van der Waals surface area (Å²) in [5.74, 6) is 1.64. The Morgan fingerprint density at radius 3 is 2.85 bits per heavy atom. The van der Waals surface area contributed by atoms with Gasteiger partial charge in [-0.15, -0.1) is 11.8 Å². The van der Waals surface area contributed by atoms with E-state index in [1.807, 2.05) is 0 Å². The maximum absolute atomic E-state index is 11.5. The van der Waals surface area contributed by atoms with Crippen LogP contribution in [0.3, 0.4) is 0 Å². The fourth-order valence-electron chi connectivity index (χ4n) is 1.01. The van der Waals surface area contributed by atoms with E-state index in [-0.39, 0.29) is 18.0 Å². The molecule has 1 aliphatic rings. The molecule has 0 spiro atoms. The third-order valence-electron chi connectivity index (χ3n) is 2.13. The largest absolute Gasteiger partial charge is 0.391 e. The van der Waals surface area contributed by atoms with Crippen LogP contribution in [0, 0.1) is 0 Å². The van der Waals surface area contributed by atoms with Crippen molar-refractivity contribution in [2.75, 3.05) is 11.6 Å². The first kappa shape index (κ1) is 10.8. The second-order valence-electron chi connectivity index (χ2n) is 3.31. The first-order chi connectivity index (χ1) is 6.11. The van der Waals surface area contributed by atoms with Gasteiger partial charge in [-0.1, -0.05) is 0 Å². The Kier molecular flexibility index (Phi) is 4.02. The molecule has 3 atom stereocenters. The molecule has 76 valence electrons. The number of aliphatic hydroxyl groups excluding tert-OH is 1. The number of carbonyl (C=O) groups excluding carboxylic acids is 1. The van der Waals surface area contributed by atoms with Gasteiger partial charge in [-0.25, -0.2) is 0 Å². The van der Waals surface area contributed by atoms with Crippen molar-refractivity contribution in [1.82, 2.24) is 10.6 Å². The van der Waals surface area contributed by atoms with Crippen LogP contribution in [-0.4, -0.2) is 40.8 Å². The number of rotatable bonds is 3. The van der Waals surface area contributed by atoms with Crippen LogP contribution in [0.25, 0.3) is 0 Å². The topological polar surface area (TPSA) is 61.4 Å². The lowest BCUT2D eigenvalue weighted by Gasteiger charge is -2.18. The number of aliphatic hydroxyl groups is 1. The highest BCUT2D eigenvalue weighted by molar-refractivity contribution is 7.99. The van der Waals surface area contributed by atoms with Crippen LogP contribution >= 0.6 is 11.8 Å². The molecule has 0 saturated carbocycles. The minimum atomic E-state index is -0.502. The molecule has 1 saturated heterocycles. The van der Waals surface area contributed by atoms with E-state index in [1.54, 1.807) is 25.6 Å². The van der Waals surface area contributed by atoms with Gasteiger partial charge in [-0.3, -0.25) is 10.1 Å². The van der Waals surface area contributed by atoms with Crippen molar-refractivity contribution in [2.24, 2.45) is 0 Å². The lowest BCUT2D eigenvalue weighted by Crippen LogP contribution is -2.48. The van der Waals surface area contributed by atoms with Crippen LogP contribution in [0.4, 0.5) is 0 Å². The molecule has 0 bridgehead atoms. The molecule has 4 nitrogen and oxygen atoms in total. The molecule has 0 aliphatic carbocycles. The van der Waals surface area contributed by atoms with Crippen LogP contribution in [0.2, 0.25) is 0 Å². The van der Waals surface area contributed by atoms with Gasteiger partial charge < -0.3 is 10.4 Å². The van der Waals surface area contributed by atoms with Crippen LogP contribution in [-0.2, 0) is 4.79 Å². The van der Waals surface area contributed by atoms with Crippen molar-refractivity contribution >= 4 is 17.7 Å². The molecule has 3 N–H and O–H groups in total. The molecule has 1 rings (SSSR count). The predicted octanol–water partition coefficient (Wildman–Crippen LogP) is -0.466. The van der Waals surface area contributed by atoms with Crippen LogP contribution < -0.4 is 10.6 Å². The molecule has 0 aromatic carbocycles. The number of hydrogen-bond acceptors (Lipinski definition) is 4. The van der Waals surface area contributed by atoms with Crippen molar-refractivity contribution < 1.29 is 9.90 Å². The Labute approximate surface area is 82.5 Å². The highest BCUT2D eigenvalue weighted by Crippen LogP contribution is 2.09. The fraction of sp³-hybridized carbons (Fsp3) is 0.875. The van der Waals surface area contributed by atoms with Crippen LogP contribution in [0.5, 0.6) is 0 Å². The Hall–Kier alpha value is -0.260. The van der Waals surface area contributed by atoms with Gasteiger partial charge in [0, 0.05) is 11.6 Å². The molecule has 0 aromatic heterocycles. The standard InChI is InChI=1S/C8H16N2O2S/c1-5(6(2)11)10-8(12)7-3-13-4-9-7/h5-7,9,11H,3-4H2,1-2H3,(H,10,12). The van der Waals surface area contributed by atoms with Gasteiger partial charge in [-0.2, -0.15) is 0 Å². The zero-order valence-electron chi connectivity index (χ0n) is 7.91. The molecule has 0 radical (unpaired) electrons. The number of nitrogens with one attached hydrogen (secondary N) is 2. The molecule has 1 aliphatic heterocycles. The van der Waals surface area contributed by atoms with Crippen molar-refractivity contribution in [3.05, 3.63) is 0 Å². The summed E-state index contributed by atoms with van der Waals surface area (Å²) in [5.41, 5.74) is 0. The number of carbonyl (C=O) groups is 1. The molecule has 1 heterocycles. The van der Waals surface area contributed by atoms with Crippen LogP contribution in [0.15, 0.2) is 0 Å². The van der Waals surface area contributed by atoms with Gasteiger partial charge in [0.2, 0.25) is 5.91 Å². The summed E-state index contributed by atoms with van der Waals surface area (Å²) in [6.07, 6.45) is -0.502. The van der Waals surface area contributed by atoms with Gasteiger partial charge >= 0.3 is 0 Å². The van der Waals surface area contributed by atoms with E-state index < -0.39 is 6.10 Å². The summed E-state index contributed by atoms with van der Waals surface area (Å²) in [7, 11) is 0. The SMILES string of the molecule is CC(O)C(C)NC(=O)C1CSCN1. The number of hydrogen-bond donors (Lipinski definition) is 3. The van der Waals surface area contributed by atoms with Crippen molar-refractivity contribution in [1.29, 1.82) is 0 Å². The predicted molar refractivity (Wildman–Crippen MR) is 53.5 cm³/mol. The highest BCUT2D eigenvalue weighted by atomic mass is 32.2. The van der Waals surface area contributed by atoms with E-state index in [0.717, 1.165) is 11.6 Å². The van der Waals surface area contributed by atoms with Gasteiger partial charge in [-0.05, 0) is 13.8 Å². The Morgan fingerprint density at radius 2 is 2.38 bits per heavy atom. The molecule has 5 heteroatoms. The minimum Gasteiger partial charge on any atom is -0.391 e. The monoisotopic (exact) mass is 204 g/mol. The van der Waals surface area contributed by atoms with E-state index >= 15 is 0 Å². The summed E-state index contributed by atoms with van der Waals surface area (Å²) >= 11 is 1.71. The second-order valence-corrected chi connectivity index (χ2v) is 4.34. The molecule has 1 amide bonds. The molecule has 1 fully saturated rings. The van der Waals surface area contributed by atoms with E-state index in [9.17, 15) is 9.90 Å². The maximum Gasteiger partial charge on any atom is 0.238 e. The normalized spacial score (nSPS) is 26.8. The first-order valence-corrected chi connectivity index (χ1v) is 5.56. The van der Waals surface area contributed by atoms with E-state index in [4.69, 9.17) is 0 Å². The zero-order valence-corrected chi connectivity index (χ0v) is 8.73. The first-order valence-electron chi connectivity index (χ1n) is 4.41. The molecular formula is C8H16N2O2S. The Bertz CT molecular complexity index is 181. The molecule has 0 aromatic rings. The number of amides is 1. The minimum absolute atomic E-state index is 0.0154. The third-order valence-corrected chi connectivity index (χ3v) is 3.07.